The zero-order valence-corrected chi connectivity index (χ0v) is 43.2. The summed E-state index contributed by atoms with van der Waals surface area (Å²) < 4.78 is 0. The Morgan fingerprint density at radius 2 is 0.704 bits per heavy atom. The third-order valence-corrected chi connectivity index (χ3v) is 18.1. The van der Waals surface area contributed by atoms with Crippen LogP contribution >= 0.6 is 0 Å². The van der Waals surface area contributed by atoms with Gasteiger partial charge in [0.2, 0.25) is 0 Å². The first kappa shape index (κ1) is 46.5. The molecule has 0 amide bonds. The van der Waals surface area contributed by atoms with Crippen molar-refractivity contribution in [1.82, 2.24) is 0 Å². The average Bonchev–Trinajstić information content (AvgIpc) is 3.69. The van der Waals surface area contributed by atoms with Gasteiger partial charge < -0.3 is 9.80 Å². The van der Waals surface area contributed by atoms with Gasteiger partial charge in [0.1, 0.15) is 0 Å². The molecule has 0 unspecified atom stereocenters. The van der Waals surface area contributed by atoms with Crippen LogP contribution < -0.4 is 20.2 Å². The largest absolute Gasteiger partial charge is 0.311 e. The molecule has 0 heterocycles. The van der Waals surface area contributed by atoms with Crippen LogP contribution in [0.4, 0.5) is 34.1 Å². The van der Waals surface area contributed by atoms with E-state index in [1.807, 2.05) is 36.4 Å². The molecule has 0 spiro atoms. The predicted octanol–water partition coefficient (Wildman–Crippen LogP) is 16.0. The number of hydrogen-bond donors (Lipinski definition) is 0. The van der Waals surface area contributed by atoms with Crippen LogP contribution in [0.3, 0.4) is 0 Å². The van der Waals surface area contributed by atoms with E-state index in [-0.39, 0.29) is 0 Å². The van der Waals surface area contributed by atoms with Crippen molar-refractivity contribution in [2.75, 3.05) is 9.80 Å². The first-order valence-corrected chi connectivity index (χ1v) is 31.4. The van der Waals surface area contributed by atoms with Gasteiger partial charge in [-0.05, 0) is 148 Å². The van der Waals surface area contributed by atoms with Crippen LogP contribution in [0.2, 0.25) is 39.3 Å². The lowest BCUT2D eigenvalue weighted by Gasteiger charge is -2.35. The molecule has 10 rings (SSSR count). The highest BCUT2D eigenvalue weighted by Crippen LogP contribution is 2.57. The van der Waals surface area contributed by atoms with Gasteiger partial charge in [0, 0.05) is 34.1 Å². The van der Waals surface area contributed by atoms with Crippen molar-refractivity contribution in [3.8, 4) is 23.3 Å². The molecule has 6 heteroatoms. The Hall–Kier alpha value is -8.27. The van der Waals surface area contributed by atoms with Crippen LogP contribution in [0.15, 0.2) is 218 Å². The number of anilines is 6. The number of benzene rings is 9. The third kappa shape index (κ3) is 8.97. The van der Waals surface area contributed by atoms with E-state index >= 15 is 0 Å². The van der Waals surface area contributed by atoms with Crippen molar-refractivity contribution in [3.63, 3.8) is 0 Å². The summed E-state index contributed by atoms with van der Waals surface area (Å²) >= 11 is 0. The minimum Gasteiger partial charge on any atom is -0.311 e. The van der Waals surface area contributed by atoms with Crippen LogP contribution in [0.5, 0.6) is 0 Å². The second kappa shape index (κ2) is 18.9. The fraction of sp³-hybridized carbons (Fsp3) is 0.108. The van der Waals surface area contributed by atoms with E-state index in [9.17, 15) is 10.5 Å². The Bertz CT molecular complexity index is 3430. The lowest BCUT2D eigenvalue weighted by atomic mass is 9.67. The van der Waals surface area contributed by atoms with Crippen LogP contribution in [0.25, 0.3) is 23.3 Å². The molecule has 1 aliphatic rings. The first-order valence-electron chi connectivity index (χ1n) is 24.4. The fourth-order valence-electron chi connectivity index (χ4n) is 10.1. The van der Waals surface area contributed by atoms with Crippen LogP contribution in [0, 0.1) is 22.7 Å². The summed E-state index contributed by atoms with van der Waals surface area (Å²) in [6, 6.07) is 82.9. The van der Waals surface area contributed by atoms with E-state index in [4.69, 9.17) is 0 Å². The lowest BCUT2D eigenvalue weighted by molar-refractivity contribution is 0.768. The summed E-state index contributed by atoms with van der Waals surface area (Å²) in [4.78, 5) is 4.58. The highest BCUT2D eigenvalue weighted by atomic mass is 28.3. The summed E-state index contributed by atoms with van der Waals surface area (Å²) in [7, 11) is -3.02. The molecular formula is C65H56N4Si2. The van der Waals surface area contributed by atoms with Crippen molar-refractivity contribution in [3.05, 3.63) is 263 Å². The average molecular weight is 949 g/mol. The van der Waals surface area contributed by atoms with Gasteiger partial charge in [-0.2, -0.15) is 10.5 Å². The summed E-state index contributed by atoms with van der Waals surface area (Å²) in [5, 5.41) is 22.1. The molecule has 9 aromatic rings. The summed E-state index contributed by atoms with van der Waals surface area (Å²) in [6.45, 7) is 14.3. The Morgan fingerprint density at radius 3 is 1.13 bits per heavy atom. The van der Waals surface area contributed by atoms with Gasteiger partial charge in [0.05, 0.1) is 44.8 Å². The van der Waals surface area contributed by atoms with E-state index in [1.165, 1.54) is 43.8 Å². The molecular weight excluding hydrogens is 893 g/mol. The maximum atomic E-state index is 9.75. The standard InChI is InChI=1S/C65H56N4Si2/c1-70(2,3)59-37-32-56(33-38-59)68(54-28-21-49(45-66)22-29-54)53-26-19-47(20-27-53)17-18-48-25-41-61-62-42-36-58(69(55-30-23-50(46-67)24-31-55)57-34-39-60(40-35-57)71(4,5)6)44-64(62)65(63(61)43-48,51-13-9-7-10-14-51)52-15-11-8-12-16-52/h7-44H,1-6H3/b18-17+. The van der Waals surface area contributed by atoms with Gasteiger partial charge in [0.15, 0.2) is 0 Å². The molecule has 0 saturated heterocycles. The third-order valence-electron chi connectivity index (χ3n) is 13.9. The molecule has 0 N–H and O–H groups in total. The van der Waals surface area contributed by atoms with Gasteiger partial charge >= 0.3 is 0 Å². The molecule has 0 aliphatic heterocycles. The quantitative estimate of drug-likeness (QED) is 0.0904. The fourth-order valence-corrected chi connectivity index (χ4v) is 12.5. The monoisotopic (exact) mass is 948 g/mol. The first-order chi connectivity index (χ1) is 34.3. The zero-order valence-electron chi connectivity index (χ0n) is 41.2. The van der Waals surface area contributed by atoms with Gasteiger partial charge in [-0.25, -0.2) is 0 Å². The van der Waals surface area contributed by atoms with Crippen LogP contribution in [-0.4, -0.2) is 16.1 Å². The molecule has 0 aromatic heterocycles. The molecule has 4 nitrogen and oxygen atoms in total. The van der Waals surface area contributed by atoms with Gasteiger partial charge in [-0.15, -0.1) is 0 Å². The summed E-state index contributed by atoms with van der Waals surface area (Å²) in [5.74, 6) is 0. The number of rotatable bonds is 12. The van der Waals surface area contributed by atoms with Crippen molar-refractivity contribution in [2.24, 2.45) is 0 Å². The normalized spacial score (nSPS) is 12.7. The van der Waals surface area contributed by atoms with E-state index in [0.29, 0.717) is 11.1 Å². The SMILES string of the molecule is C[Si](C)(C)c1ccc(N(c2ccc(C#N)cc2)c2ccc(/C=C/c3ccc4c(c3)C(c3ccccc3)(c3ccccc3)c3cc(N(c5ccc(C#N)cc5)c5ccc([Si](C)(C)C)cc5)ccc3-4)cc2)cc1. The van der Waals surface area contributed by atoms with Crippen molar-refractivity contribution in [2.45, 2.75) is 44.7 Å². The summed E-state index contributed by atoms with van der Waals surface area (Å²) in [6.07, 6.45) is 4.44. The number of hydrogen-bond acceptors (Lipinski definition) is 4. The molecule has 0 fully saturated rings. The van der Waals surface area contributed by atoms with Crippen LogP contribution in [-0.2, 0) is 5.41 Å². The molecule has 71 heavy (non-hydrogen) atoms. The predicted molar refractivity (Wildman–Crippen MR) is 304 cm³/mol. The Morgan fingerprint density at radius 1 is 0.366 bits per heavy atom. The highest BCUT2D eigenvalue weighted by Gasteiger charge is 2.46. The Labute approximate surface area is 421 Å². The van der Waals surface area contributed by atoms with E-state index < -0.39 is 21.6 Å². The van der Waals surface area contributed by atoms with Gasteiger partial charge in [-0.3, -0.25) is 0 Å². The summed E-state index contributed by atoms with van der Waals surface area (Å²) in [5.41, 5.74) is 16.3. The maximum absolute atomic E-state index is 9.75. The molecule has 1 aliphatic carbocycles. The minimum absolute atomic E-state index is 0.630. The van der Waals surface area contributed by atoms with E-state index in [2.05, 4.69) is 255 Å². The van der Waals surface area contributed by atoms with Crippen molar-refractivity contribution >= 4 is 72.8 Å². The number of nitriles is 2. The lowest BCUT2D eigenvalue weighted by Crippen LogP contribution is -2.37. The molecule has 0 atom stereocenters. The molecule has 0 saturated carbocycles. The zero-order chi connectivity index (χ0) is 49.3. The Kier molecular flexibility index (Phi) is 12.4. The Balaban J connectivity index is 1.06. The molecule has 0 radical (unpaired) electrons. The maximum Gasteiger partial charge on any atom is 0.0991 e. The van der Waals surface area contributed by atoms with Gasteiger partial charge in [0.25, 0.3) is 0 Å². The van der Waals surface area contributed by atoms with Gasteiger partial charge in [-0.1, -0.05) is 177 Å². The molecule has 344 valence electrons. The number of fused-ring (bicyclic) bond motifs is 3. The number of nitrogens with zero attached hydrogens (tertiary/aromatic N) is 4. The molecule has 9 aromatic carbocycles. The topological polar surface area (TPSA) is 54.1 Å². The van der Waals surface area contributed by atoms with Crippen molar-refractivity contribution in [1.29, 1.82) is 10.5 Å². The highest BCUT2D eigenvalue weighted by molar-refractivity contribution is 6.89. The van der Waals surface area contributed by atoms with Crippen LogP contribution in [0.1, 0.15) is 44.5 Å². The second-order valence-corrected chi connectivity index (χ2v) is 30.7. The molecule has 0 bridgehead atoms. The van der Waals surface area contributed by atoms with E-state index in [1.54, 1.807) is 0 Å². The van der Waals surface area contributed by atoms with Crippen molar-refractivity contribution < 1.29 is 0 Å². The second-order valence-electron chi connectivity index (χ2n) is 20.5. The smallest absolute Gasteiger partial charge is 0.0991 e. The van der Waals surface area contributed by atoms with E-state index in [0.717, 1.165) is 45.3 Å². The minimum atomic E-state index is -1.54.